The lowest BCUT2D eigenvalue weighted by molar-refractivity contribution is -0.196. The largest absolute Gasteiger partial charge is 0.508 e. The number of methoxy groups -OCH3 is 1. The van der Waals surface area contributed by atoms with Gasteiger partial charge in [0.25, 0.3) is 0 Å². The summed E-state index contributed by atoms with van der Waals surface area (Å²) in [4.78, 5) is 12.7. The first kappa shape index (κ1) is 16.2. The fourth-order valence-corrected chi connectivity index (χ4v) is 2.78. The average Bonchev–Trinajstić information content (AvgIpc) is 2.63. The van der Waals surface area contributed by atoms with Gasteiger partial charge in [0, 0.05) is 30.2 Å². The maximum absolute atomic E-state index is 12.7. The van der Waals surface area contributed by atoms with Crippen LogP contribution in [-0.2, 0) is 19.9 Å². The van der Waals surface area contributed by atoms with Gasteiger partial charge >= 0.3 is 5.97 Å². The Morgan fingerprint density at radius 2 is 1.79 bits per heavy atom. The number of hydrogen-bond donors (Lipinski definition) is 2. The minimum atomic E-state index is -1.87. The van der Waals surface area contributed by atoms with Crippen molar-refractivity contribution in [2.45, 2.75) is 18.3 Å². The third kappa shape index (κ3) is 2.79. The molecule has 0 amide bonds. The summed E-state index contributed by atoms with van der Waals surface area (Å²) >= 11 is 0. The van der Waals surface area contributed by atoms with Crippen molar-refractivity contribution in [3.63, 3.8) is 0 Å². The number of benzene rings is 2. The molecule has 2 N–H and O–H groups in total. The summed E-state index contributed by atoms with van der Waals surface area (Å²) in [5.41, 5.74) is -0.469. The van der Waals surface area contributed by atoms with E-state index in [1.54, 1.807) is 48.5 Å². The van der Waals surface area contributed by atoms with E-state index in [-0.39, 0.29) is 12.2 Å². The van der Waals surface area contributed by atoms with Crippen molar-refractivity contribution in [2.24, 2.45) is 0 Å². The zero-order valence-corrected chi connectivity index (χ0v) is 13.2. The van der Waals surface area contributed by atoms with Crippen molar-refractivity contribution in [1.29, 1.82) is 0 Å². The maximum atomic E-state index is 12.7. The van der Waals surface area contributed by atoms with Gasteiger partial charge in [-0.25, -0.2) is 4.79 Å². The van der Waals surface area contributed by atoms with Crippen LogP contribution in [0.25, 0.3) is 5.76 Å². The van der Waals surface area contributed by atoms with Gasteiger partial charge in [-0.2, -0.15) is 0 Å². The van der Waals surface area contributed by atoms with E-state index in [9.17, 15) is 15.0 Å². The summed E-state index contributed by atoms with van der Waals surface area (Å²) in [6.45, 7) is 0. The van der Waals surface area contributed by atoms with E-state index in [1.807, 2.05) is 6.07 Å². The third-order valence-corrected chi connectivity index (χ3v) is 4.08. The highest BCUT2D eigenvalue weighted by atomic mass is 16.7. The van der Waals surface area contributed by atoms with Crippen molar-refractivity contribution in [2.75, 3.05) is 7.11 Å². The highest BCUT2D eigenvalue weighted by Gasteiger charge is 2.44. The van der Waals surface area contributed by atoms with Gasteiger partial charge < -0.3 is 19.7 Å². The van der Waals surface area contributed by atoms with Crippen LogP contribution in [0.4, 0.5) is 0 Å². The molecule has 3 rings (SSSR count). The first-order chi connectivity index (χ1) is 11.6. The lowest BCUT2D eigenvalue weighted by Crippen LogP contribution is -2.40. The standard InChI is InChI=1S/C19H18O5/c1-23-17(13-7-3-2-4-8-13)24-18(21)19(22)12-11-16(20)14-9-5-6-10-15(14)19/h2-11,17,20,22H,12H2,1H3. The summed E-state index contributed by atoms with van der Waals surface area (Å²) in [5.74, 6) is -0.788. The average molecular weight is 326 g/mol. The van der Waals surface area contributed by atoms with Gasteiger partial charge in [-0.05, 0) is 6.08 Å². The van der Waals surface area contributed by atoms with Crippen LogP contribution in [0, 0.1) is 0 Å². The monoisotopic (exact) mass is 326 g/mol. The molecule has 124 valence electrons. The summed E-state index contributed by atoms with van der Waals surface area (Å²) in [6, 6.07) is 15.7. The molecule has 0 fully saturated rings. The predicted molar refractivity (Wildman–Crippen MR) is 87.8 cm³/mol. The molecule has 1 aliphatic carbocycles. The van der Waals surface area contributed by atoms with Gasteiger partial charge in [0.2, 0.25) is 6.29 Å². The van der Waals surface area contributed by atoms with E-state index < -0.39 is 17.9 Å². The van der Waals surface area contributed by atoms with Crippen LogP contribution in [0.1, 0.15) is 29.4 Å². The number of hydrogen-bond acceptors (Lipinski definition) is 5. The molecular weight excluding hydrogens is 308 g/mol. The van der Waals surface area contributed by atoms with Crippen LogP contribution >= 0.6 is 0 Å². The topological polar surface area (TPSA) is 76.0 Å². The van der Waals surface area contributed by atoms with Gasteiger partial charge in [0.15, 0.2) is 5.60 Å². The number of rotatable bonds is 4. The van der Waals surface area contributed by atoms with E-state index in [0.29, 0.717) is 16.7 Å². The smallest absolute Gasteiger partial charge is 0.345 e. The fraction of sp³-hybridized carbons (Fsp3) is 0.211. The van der Waals surface area contributed by atoms with Gasteiger partial charge in [0.1, 0.15) is 5.76 Å². The molecular formula is C19H18O5. The van der Waals surface area contributed by atoms with E-state index in [4.69, 9.17) is 9.47 Å². The molecule has 1 aliphatic rings. The highest BCUT2D eigenvalue weighted by molar-refractivity contribution is 5.85. The van der Waals surface area contributed by atoms with Crippen molar-refractivity contribution in [1.82, 2.24) is 0 Å². The molecule has 0 aliphatic heterocycles. The van der Waals surface area contributed by atoms with Gasteiger partial charge in [-0.15, -0.1) is 0 Å². The Hall–Kier alpha value is -2.63. The Kier molecular flexibility index (Phi) is 4.38. The van der Waals surface area contributed by atoms with Gasteiger partial charge in [-0.3, -0.25) is 0 Å². The fourth-order valence-electron chi connectivity index (χ4n) is 2.78. The number of carbonyl (C=O) groups is 1. The zero-order chi connectivity index (χ0) is 17.2. The molecule has 0 saturated heterocycles. The summed E-state index contributed by atoms with van der Waals surface area (Å²) < 4.78 is 10.6. The normalized spacial score (nSPS) is 20.7. The Bertz CT molecular complexity index is 768. The second kappa shape index (κ2) is 6.47. The quantitative estimate of drug-likeness (QED) is 0.667. The molecule has 0 aromatic heterocycles. The minimum Gasteiger partial charge on any atom is -0.508 e. The number of fused-ring (bicyclic) bond motifs is 1. The molecule has 0 bridgehead atoms. The second-order valence-corrected chi connectivity index (χ2v) is 5.58. The first-order valence-corrected chi connectivity index (χ1v) is 7.56. The highest BCUT2D eigenvalue weighted by Crippen LogP contribution is 2.38. The maximum Gasteiger partial charge on any atom is 0.345 e. The molecule has 0 radical (unpaired) electrons. The number of aliphatic hydroxyl groups excluding tert-OH is 1. The molecule has 0 saturated carbocycles. The summed E-state index contributed by atoms with van der Waals surface area (Å²) in [6.07, 6.45) is 0.419. The molecule has 0 spiro atoms. The molecule has 24 heavy (non-hydrogen) atoms. The molecule has 2 unspecified atom stereocenters. The minimum absolute atomic E-state index is 0.0365. The number of ether oxygens (including phenoxy) is 2. The number of carbonyl (C=O) groups excluding carboxylic acids is 1. The van der Waals surface area contributed by atoms with Crippen molar-refractivity contribution < 1.29 is 24.5 Å². The Labute approximate surface area is 139 Å². The summed E-state index contributed by atoms with van der Waals surface area (Å²) in [5, 5.41) is 20.9. The SMILES string of the molecule is COC(OC(=O)C1(O)CC=C(O)c2ccccc21)c1ccccc1. The predicted octanol–water partition coefficient (Wildman–Crippen LogP) is 3.07. The van der Waals surface area contributed by atoms with Gasteiger partial charge in [-0.1, -0.05) is 54.6 Å². The van der Waals surface area contributed by atoms with Crippen molar-refractivity contribution >= 4 is 11.7 Å². The summed E-state index contributed by atoms with van der Waals surface area (Å²) in [7, 11) is 1.43. The molecule has 5 heteroatoms. The van der Waals surface area contributed by atoms with Crippen LogP contribution in [0.2, 0.25) is 0 Å². The lowest BCUT2D eigenvalue weighted by Gasteiger charge is -2.31. The molecule has 0 heterocycles. The molecule has 5 nitrogen and oxygen atoms in total. The molecule has 2 aromatic rings. The van der Waals surface area contributed by atoms with Crippen LogP contribution in [0.5, 0.6) is 0 Å². The Morgan fingerprint density at radius 1 is 1.12 bits per heavy atom. The van der Waals surface area contributed by atoms with Crippen LogP contribution in [0.15, 0.2) is 60.7 Å². The van der Waals surface area contributed by atoms with E-state index in [0.717, 1.165) is 0 Å². The van der Waals surface area contributed by atoms with E-state index >= 15 is 0 Å². The number of esters is 1. The Morgan fingerprint density at radius 3 is 2.50 bits per heavy atom. The van der Waals surface area contributed by atoms with Crippen LogP contribution in [0.3, 0.4) is 0 Å². The first-order valence-electron chi connectivity index (χ1n) is 7.56. The Balaban J connectivity index is 1.90. The molecule has 2 aromatic carbocycles. The van der Waals surface area contributed by atoms with E-state index in [1.165, 1.54) is 13.2 Å². The van der Waals surface area contributed by atoms with E-state index in [2.05, 4.69) is 0 Å². The molecule has 2 atom stereocenters. The zero-order valence-electron chi connectivity index (χ0n) is 13.2. The van der Waals surface area contributed by atoms with Crippen LogP contribution in [-0.4, -0.2) is 23.3 Å². The second-order valence-electron chi connectivity index (χ2n) is 5.58. The number of aliphatic hydroxyl groups is 2. The van der Waals surface area contributed by atoms with Crippen molar-refractivity contribution in [3.05, 3.63) is 77.4 Å². The van der Waals surface area contributed by atoms with Gasteiger partial charge in [0.05, 0.1) is 0 Å². The lowest BCUT2D eigenvalue weighted by atomic mass is 9.82. The van der Waals surface area contributed by atoms with Crippen molar-refractivity contribution in [3.8, 4) is 0 Å². The third-order valence-electron chi connectivity index (χ3n) is 4.08. The van der Waals surface area contributed by atoms with Crippen LogP contribution < -0.4 is 0 Å².